The van der Waals surface area contributed by atoms with E-state index in [0.29, 0.717) is 12.2 Å². The number of aryl methyl sites for hydroxylation is 1. The van der Waals surface area contributed by atoms with Crippen LogP contribution in [0, 0.1) is 6.92 Å². The van der Waals surface area contributed by atoms with Gasteiger partial charge in [-0.25, -0.2) is 9.97 Å². The Bertz CT molecular complexity index is 522. The largest absolute Gasteiger partial charge is 0.347 e. The molecule has 0 bridgehead atoms. The Kier molecular flexibility index (Phi) is 3.58. The quantitative estimate of drug-likeness (QED) is 0.944. The molecule has 17 heavy (non-hydrogen) atoms. The summed E-state index contributed by atoms with van der Waals surface area (Å²) in [6.07, 6.45) is 3.40. The number of hydrogen-bond donors (Lipinski definition) is 1. The van der Waals surface area contributed by atoms with Crippen molar-refractivity contribution in [1.82, 2.24) is 19.9 Å². The number of carbonyl (C=O) groups excluding carboxylic acids is 1. The fourth-order valence-electron chi connectivity index (χ4n) is 1.40. The summed E-state index contributed by atoms with van der Waals surface area (Å²) < 4.78 is 0.770. The Morgan fingerprint density at radius 1 is 1.65 bits per heavy atom. The minimum atomic E-state index is -0.113. The predicted molar refractivity (Wildman–Crippen MR) is 68.9 cm³/mol. The molecule has 5 nitrogen and oxygen atoms in total. The van der Waals surface area contributed by atoms with Gasteiger partial charge in [0.1, 0.15) is 9.61 Å². The molecule has 2 aromatic rings. The van der Waals surface area contributed by atoms with E-state index in [2.05, 4.69) is 30.9 Å². The summed E-state index contributed by atoms with van der Waals surface area (Å²) >= 11 is 4.81. The predicted octanol–water partition coefficient (Wildman–Crippen LogP) is 2.21. The number of imidazole rings is 1. The van der Waals surface area contributed by atoms with Crippen LogP contribution >= 0.6 is 27.3 Å². The van der Waals surface area contributed by atoms with Gasteiger partial charge in [-0.1, -0.05) is 0 Å². The van der Waals surface area contributed by atoms with Crippen molar-refractivity contribution in [3.8, 4) is 0 Å². The lowest BCUT2D eigenvalue weighted by atomic mass is 10.4. The molecule has 0 radical (unpaired) electrons. The van der Waals surface area contributed by atoms with Crippen LogP contribution in [0.2, 0.25) is 0 Å². The van der Waals surface area contributed by atoms with Crippen LogP contribution in [-0.4, -0.2) is 32.8 Å². The van der Waals surface area contributed by atoms with Crippen LogP contribution in [0.5, 0.6) is 0 Å². The van der Waals surface area contributed by atoms with E-state index in [-0.39, 0.29) is 5.91 Å². The van der Waals surface area contributed by atoms with Crippen LogP contribution in [-0.2, 0) is 6.54 Å². The number of nitrogens with one attached hydrogen (secondary N) is 1. The second-order valence-electron chi connectivity index (χ2n) is 3.55. The summed E-state index contributed by atoms with van der Waals surface area (Å²) in [5.41, 5.74) is 0.460. The van der Waals surface area contributed by atoms with E-state index < -0.39 is 0 Å². The number of thiazole rings is 1. The molecule has 0 saturated heterocycles. The minimum absolute atomic E-state index is 0.113. The molecule has 0 atom stereocenters. The molecule has 0 saturated carbocycles. The van der Waals surface area contributed by atoms with Gasteiger partial charge in [0.2, 0.25) is 0 Å². The van der Waals surface area contributed by atoms with Gasteiger partial charge in [0.25, 0.3) is 5.91 Å². The molecule has 0 spiro atoms. The number of rotatable bonds is 3. The molecule has 0 fully saturated rings. The Labute approximate surface area is 111 Å². The van der Waals surface area contributed by atoms with Gasteiger partial charge in [-0.3, -0.25) is 4.79 Å². The van der Waals surface area contributed by atoms with Crippen molar-refractivity contribution < 1.29 is 4.79 Å². The molecule has 2 rings (SSSR count). The zero-order chi connectivity index (χ0) is 12.4. The highest BCUT2D eigenvalue weighted by Crippen LogP contribution is 2.25. The van der Waals surface area contributed by atoms with E-state index in [1.54, 1.807) is 24.3 Å². The maximum atomic E-state index is 12.1. The van der Waals surface area contributed by atoms with Crippen molar-refractivity contribution in [3.05, 3.63) is 32.7 Å². The SMILES string of the molecule is Cc1nc(C(=O)N(C)Cc2ncc[nH]2)c(Br)s1. The second kappa shape index (κ2) is 4.97. The second-order valence-corrected chi connectivity index (χ2v) is 6.07. The molecule has 0 aromatic carbocycles. The standard InChI is InChI=1S/C10H11BrN4OS/c1-6-14-8(9(11)17-6)10(16)15(2)5-7-12-3-4-13-7/h3-4H,5H2,1-2H3,(H,12,13). The van der Waals surface area contributed by atoms with E-state index in [9.17, 15) is 4.79 Å². The topological polar surface area (TPSA) is 61.9 Å². The summed E-state index contributed by atoms with van der Waals surface area (Å²) in [5.74, 6) is 0.640. The maximum absolute atomic E-state index is 12.1. The molecule has 7 heteroatoms. The fraction of sp³-hybridized carbons (Fsp3) is 0.300. The number of halogens is 1. The van der Waals surface area contributed by atoms with Crippen LogP contribution < -0.4 is 0 Å². The van der Waals surface area contributed by atoms with Gasteiger partial charge in [-0.15, -0.1) is 11.3 Å². The molecule has 2 heterocycles. The van der Waals surface area contributed by atoms with Gasteiger partial charge >= 0.3 is 0 Å². The summed E-state index contributed by atoms with van der Waals surface area (Å²) in [6.45, 7) is 2.31. The van der Waals surface area contributed by atoms with Gasteiger partial charge in [0.15, 0.2) is 5.69 Å². The Morgan fingerprint density at radius 2 is 2.41 bits per heavy atom. The first kappa shape index (κ1) is 12.3. The zero-order valence-corrected chi connectivity index (χ0v) is 11.8. The Balaban J connectivity index is 2.12. The molecule has 2 aromatic heterocycles. The molecule has 90 valence electrons. The number of amides is 1. The highest BCUT2D eigenvalue weighted by Gasteiger charge is 2.19. The summed E-state index contributed by atoms with van der Waals surface area (Å²) in [4.78, 5) is 24.9. The number of hydrogen-bond acceptors (Lipinski definition) is 4. The van der Waals surface area contributed by atoms with E-state index in [1.807, 2.05) is 6.92 Å². The molecule has 0 aliphatic carbocycles. The molecule has 1 N–H and O–H groups in total. The van der Waals surface area contributed by atoms with Gasteiger partial charge in [-0.05, 0) is 22.9 Å². The van der Waals surface area contributed by atoms with E-state index in [1.165, 1.54) is 11.3 Å². The van der Waals surface area contributed by atoms with Crippen LogP contribution in [0.4, 0.5) is 0 Å². The molecule has 0 unspecified atom stereocenters. The first-order valence-corrected chi connectivity index (χ1v) is 6.55. The lowest BCUT2D eigenvalue weighted by molar-refractivity contribution is 0.0776. The van der Waals surface area contributed by atoms with Crippen LogP contribution in [0.3, 0.4) is 0 Å². The number of carbonyl (C=O) groups is 1. The van der Waals surface area contributed by atoms with Gasteiger partial charge in [0, 0.05) is 19.4 Å². The third-order valence-corrected chi connectivity index (χ3v) is 3.80. The lowest BCUT2D eigenvalue weighted by Crippen LogP contribution is -2.27. The van der Waals surface area contributed by atoms with Crippen LogP contribution in [0.25, 0.3) is 0 Å². The van der Waals surface area contributed by atoms with Crippen molar-refractivity contribution in [2.75, 3.05) is 7.05 Å². The maximum Gasteiger partial charge on any atom is 0.274 e. The molecular formula is C10H11BrN4OS. The molecular weight excluding hydrogens is 304 g/mol. The van der Waals surface area contributed by atoms with Gasteiger partial charge in [0.05, 0.1) is 11.6 Å². The minimum Gasteiger partial charge on any atom is -0.347 e. The third-order valence-electron chi connectivity index (χ3n) is 2.18. The van der Waals surface area contributed by atoms with E-state index in [0.717, 1.165) is 14.6 Å². The van der Waals surface area contributed by atoms with Gasteiger partial charge in [-0.2, -0.15) is 0 Å². The van der Waals surface area contributed by atoms with Crippen molar-refractivity contribution in [2.24, 2.45) is 0 Å². The average molecular weight is 315 g/mol. The normalized spacial score (nSPS) is 10.5. The Morgan fingerprint density at radius 3 is 2.94 bits per heavy atom. The van der Waals surface area contributed by atoms with Gasteiger partial charge < -0.3 is 9.88 Å². The van der Waals surface area contributed by atoms with Crippen molar-refractivity contribution >= 4 is 33.2 Å². The Hall–Kier alpha value is -1.21. The highest BCUT2D eigenvalue weighted by molar-refractivity contribution is 9.11. The molecule has 0 aliphatic rings. The zero-order valence-electron chi connectivity index (χ0n) is 9.40. The molecule has 0 aliphatic heterocycles. The summed E-state index contributed by atoms with van der Waals surface area (Å²) in [7, 11) is 1.73. The average Bonchev–Trinajstić information content (AvgIpc) is 2.87. The first-order chi connectivity index (χ1) is 8.08. The first-order valence-electron chi connectivity index (χ1n) is 4.94. The number of H-pyrrole nitrogens is 1. The monoisotopic (exact) mass is 314 g/mol. The smallest absolute Gasteiger partial charge is 0.274 e. The van der Waals surface area contributed by atoms with Crippen LogP contribution in [0.1, 0.15) is 21.3 Å². The van der Waals surface area contributed by atoms with Crippen LogP contribution in [0.15, 0.2) is 16.2 Å². The number of nitrogens with zero attached hydrogens (tertiary/aromatic N) is 3. The lowest BCUT2D eigenvalue weighted by Gasteiger charge is -2.14. The van der Waals surface area contributed by atoms with E-state index in [4.69, 9.17) is 0 Å². The fourth-order valence-corrected chi connectivity index (χ4v) is 2.98. The summed E-state index contributed by atoms with van der Waals surface area (Å²) in [6, 6.07) is 0. The van der Waals surface area contributed by atoms with E-state index >= 15 is 0 Å². The number of aromatic amines is 1. The van der Waals surface area contributed by atoms with Crippen molar-refractivity contribution in [2.45, 2.75) is 13.5 Å². The summed E-state index contributed by atoms with van der Waals surface area (Å²) in [5, 5.41) is 0.867. The van der Waals surface area contributed by atoms with Crippen molar-refractivity contribution in [3.63, 3.8) is 0 Å². The van der Waals surface area contributed by atoms with Crippen molar-refractivity contribution in [1.29, 1.82) is 0 Å². The number of aromatic nitrogens is 3. The highest BCUT2D eigenvalue weighted by atomic mass is 79.9. The third kappa shape index (κ3) is 2.73. The molecule has 1 amide bonds.